The lowest BCUT2D eigenvalue weighted by Crippen LogP contribution is -2.27. The Labute approximate surface area is 84.3 Å². The summed E-state index contributed by atoms with van der Waals surface area (Å²) >= 11 is 0. The minimum absolute atomic E-state index is 0.548. The number of hydrogen-bond donors (Lipinski definition) is 1. The Morgan fingerprint density at radius 2 is 2.21 bits per heavy atom. The second-order valence-electron chi connectivity index (χ2n) is 3.80. The lowest BCUT2D eigenvalue weighted by Gasteiger charge is -2.23. The Bertz CT molecular complexity index is 302. The molecule has 0 aliphatic carbocycles. The van der Waals surface area contributed by atoms with Crippen LogP contribution in [0.3, 0.4) is 0 Å². The van der Waals surface area contributed by atoms with Gasteiger partial charge in [0.2, 0.25) is 0 Å². The van der Waals surface area contributed by atoms with Crippen molar-refractivity contribution in [2.75, 3.05) is 18.5 Å². The third-order valence-electron chi connectivity index (χ3n) is 2.82. The summed E-state index contributed by atoms with van der Waals surface area (Å²) in [6.45, 7) is 3.82. The normalized spacial score (nSPS) is 18.4. The number of ether oxygens (including phenoxy) is 1. The van der Waals surface area contributed by atoms with Crippen LogP contribution in [-0.2, 0) is 11.8 Å². The Kier molecular flexibility index (Phi) is 2.72. The van der Waals surface area contributed by atoms with Crippen molar-refractivity contribution in [1.29, 1.82) is 0 Å². The van der Waals surface area contributed by atoms with Gasteiger partial charge in [-0.15, -0.1) is 0 Å². The van der Waals surface area contributed by atoms with E-state index in [1.165, 1.54) is 5.69 Å². The maximum Gasteiger partial charge on any atom is 0.0758 e. The Morgan fingerprint density at radius 3 is 2.79 bits per heavy atom. The van der Waals surface area contributed by atoms with Crippen LogP contribution in [0.1, 0.15) is 18.5 Å². The van der Waals surface area contributed by atoms with Gasteiger partial charge in [-0.1, -0.05) is 0 Å². The predicted molar refractivity (Wildman–Crippen MR) is 55.4 cm³/mol. The Balaban J connectivity index is 1.99. The van der Waals surface area contributed by atoms with Gasteiger partial charge < -0.3 is 10.1 Å². The van der Waals surface area contributed by atoms with E-state index < -0.39 is 0 Å². The fourth-order valence-electron chi connectivity index (χ4n) is 1.70. The number of anilines is 1. The molecule has 0 spiro atoms. The molecule has 0 bridgehead atoms. The molecule has 4 heteroatoms. The highest BCUT2D eigenvalue weighted by atomic mass is 16.5. The summed E-state index contributed by atoms with van der Waals surface area (Å²) in [7, 11) is 1.96. The maximum atomic E-state index is 5.31. The van der Waals surface area contributed by atoms with Crippen LogP contribution in [0.5, 0.6) is 0 Å². The predicted octanol–water partition coefficient (Wildman–Crippen LogP) is 1.32. The molecule has 4 nitrogen and oxygen atoms in total. The van der Waals surface area contributed by atoms with Gasteiger partial charge in [-0.05, 0) is 19.8 Å². The van der Waals surface area contributed by atoms with Crippen molar-refractivity contribution in [2.24, 2.45) is 7.05 Å². The van der Waals surface area contributed by atoms with Crippen LogP contribution in [0.2, 0.25) is 0 Å². The van der Waals surface area contributed by atoms with Gasteiger partial charge in [-0.25, -0.2) is 0 Å². The molecule has 0 unspecified atom stereocenters. The third kappa shape index (κ3) is 1.90. The van der Waals surface area contributed by atoms with E-state index in [1.54, 1.807) is 0 Å². The minimum atomic E-state index is 0.548. The zero-order valence-electron chi connectivity index (χ0n) is 8.79. The van der Waals surface area contributed by atoms with Gasteiger partial charge in [0, 0.05) is 26.3 Å². The largest absolute Gasteiger partial charge is 0.381 e. The molecule has 0 saturated carbocycles. The molecule has 1 fully saturated rings. The first-order chi connectivity index (χ1) is 6.77. The van der Waals surface area contributed by atoms with Crippen molar-refractivity contribution >= 4 is 5.69 Å². The van der Waals surface area contributed by atoms with Gasteiger partial charge in [0.1, 0.15) is 0 Å². The van der Waals surface area contributed by atoms with Crippen molar-refractivity contribution in [3.05, 3.63) is 11.9 Å². The highest BCUT2D eigenvalue weighted by Gasteiger charge is 2.15. The summed E-state index contributed by atoms with van der Waals surface area (Å²) in [5, 5.41) is 7.71. The molecule has 0 atom stereocenters. The highest BCUT2D eigenvalue weighted by molar-refractivity contribution is 5.46. The number of aromatic nitrogens is 2. The van der Waals surface area contributed by atoms with Gasteiger partial charge in [-0.3, -0.25) is 4.68 Å². The molecule has 1 aromatic heterocycles. The van der Waals surface area contributed by atoms with E-state index >= 15 is 0 Å². The van der Waals surface area contributed by atoms with Gasteiger partial charge in [-0.2, -0.15) is 5.10 Å². The molecule has 2 rings (SSSR count). The number of nitrogens with zero attached hydrogens (tertiary/aromatic N) is 2. The molecule has 0 aromatic carbocycles. The molecule has 78 valence electrons. The highest BCUT2D eigenvalue weighted by Crippen LogP contribution is 2.17. The molecule has 1 aliphatic rings. The molecule has 2 heterocycles. The molecular weight excluding hydrogens is 178 g/mol. The number of nitrogens with one attached hydrogen (secondary N) is 1. The van der Waals surface area contributed by atoms with Crippen LogP contribution in [0.4, 0.5) is 5.69 Å². The van der Waals surface area contributed by atoms with Gasteiger partial charge in [0.15, 0.2) is 0 Å². The fraction of sp³-hybridized carbons (Fsp3) is 0.700. The van der Waals surface area contributed by atoms with Gasteiger partial charge in [0.05, 0.1) is 17.6 Å². The van der Waals surface area contributed by atoms with E-state index in [9.17, 15) is 0 Å². The average Bonchev–Trinajstić information content (AvgIpc) is 2.52. The standard InChI is InChI=1S/C10H17N3O/c1-8-10(7-11-13(8)2)12-9-3-5-14-6-4-9/h7,9,12H,3-6H2,1-2H3. The van der Waals surface area contributed by atoms with Crippen LogP contribution < -0.4 is 5.32 Å². The van der Waals surface area contributed by atoms with Crippen LogP contribution in [0, 0.1) is 6.92 Å². The van der Waals surface area contributed by atoms with Gasteiger partial charge >= 0.3 is 0 Å². The molecule has 1 saturated heterocycles. The number of rotatable bonds is 2. The van der Waals surface area contributed by atoms with E-state index in [0.29, 0.717) is 6.04 Å². The van der Waals surface area contributed by atoms with E-state index in [-0.39, 0.29) is 0 Å². The molecule has 14 heavy (non-hydrogen) atoms. The smallest absolute Gasteiger partial charge is 0.0758 e. The first-order valence-corrected chi connectivity index (χ1v) is 5.10. The van der Waals surface area contributed by atoms with Crippen LogP contribution >= 0.6 is 0 Å². The average molecular weight is 195 g/mol. The van der Waals surface area contributed by atoms with Crippen molar-refractivity contribution in [3.63, 3.8) is 0 Å². The quantitative estimate of drug-likeness (QED) is 0.773. The van der Waals surface area contributed by atoms with E-state index in [1.807, 2.05) is 17.9 Å². The third-order valence-corrected chi connectivity index (χ3v) is 2.82. The Hall–Kier alpha value is -1.03. The van der Waals surface area contributed by atoms with Crippen molar-refractivity contribution in [2.45, 2.75) is 25.8 Å². The molecule has 1 aliphatic heterocycles. The molecule has 0 radical (unpaired) electrons. The van der Waals surface area contributed by atoms with E-state index in [2.05, 4.69) is 17.3 Å². The fourth-order valence-corrected chi connectivity index (χ4v) is 1.70. The maximum absolute atomic E-state index is 5.31. The molecule has 0 amide bonds. The monoisotopic (exact) mass is 195 g/mol. The summed E-state index contributed by atoms with van der Waals surface area (Å²) < 4.78 is 7.20. The molecular formula is C10H17N3O. The number of aryl methyl sites for hydroxylation is 1. The second kappa shape index (κ2) is 4.00. The lowest BCUT2D eigenvalue weighted by atomic mass is 10.1. The SMILES string of the molecule is Cc1c(NC2CCOCC2)cnn1C. The van der Waals surface area contributed by atoms with Crippen LogP contribution in [-0.4, -0.2) is 29.0 Å². The summed E-state index contributed by atoms with van der Waals surface area (Å²) in [4.78, 5) is 0. The second-order valence-corrected chi connectivity index (χ2v) is 3.80. The minimum Gasteiger partial charge on any atom is -0.381 e. The molecule has 1 aromatic rings. The van der Waals surface area contributed by atoms with Crippen LogP contribution in [0.25, 0.3) is 0 Å². The summed E-state index contributed by atoms with van der Waals surface area (Å²) in [5.41, 5.74) is 2.34. The van der Waals surface area contributed by atoms with Crippen molar-refractivity contribution in [1.82, 2.24) is 9.78 Å². The van der Waals surface area contributed by atoms with E-state index in [4.69, 9.17) is 4.74 Å². The Morgan fingerprint density at radius 1 is 1.50 bits per heavy atom. The first-order valence-electron chi connectivity index (χ1n) is 5.10. The van der Waals surface area contributed by atoms with E-state index in [0.717, 1.165) is 31.7 Å². The summed E-state index contributed by atoms with van der Waals surface area (Å²) in [5.74, 6) is 0. The van der Waals surface area contributed by atoms with Crippen molar-refractivity contribution in [3.8, 4) is 0 Å². The summed E-state index contributed by atoms with van der Waals surface area (Å²) in [6.07, 6.45) is 4.08. The van der Waals surface area contributed by atoms with Crippen LogP contribution in [0.15, 0.2) is 6.20 Å². The summed E-state index contributed by atoms with van der Waals surface area (Å²) in [6, 6.07) is 0.548. The number of hydrogen-bond acceptors (Lipinski definition) is 3. The zero-order valence-corrected chi connectivity index (χ0v) is 8.79. The zero-order chi connectivity index (χ0) is 9.97. The first kappa shape index (κ1) is 9.52. The topological polar surface area (TPSA) is 39.1 Å². The molecule has 1 N–H and O–H groups in total. The van der Waals surface area contributed by atoms with Crippen molar-refractivity contribution < 1.29 is 4.74 Å². The van der Waals surface area contributed by atoms with Gasteiger partial charge in [0.25, 0.3) is 0 Å². The lowest BCUT2D eigenvalue weighted by molar-refractivity contribution is 0.0904.